The summed E-state index contributed by atoms with van der Waals surface area (Å²) < 4.78 is 0. The quantitative estimate of drug-likeness (QED) is 0.673. The van der Waals surface area contributed by atoms with Gasteiger partial charge in [0, 0.05) is 25.8 Å². The molecule has 0 spiro atoms. The second-order valence-electron chi connectivity index (χ2n) is 5.51. The molecule has 1 atom stereocenters. The van der Waals surface area contributed by atoms with Crippen LogP contribution in [0, 0.1) is 16.0 Å². The summed E-state index contributed by atoms with van der Waals surface area (Å²) in [5.74, 6) is 0.546. The number of nitro groups is 1. The van der Waals surface area contributed by atoms with Gasteiger partial charge in [-0.1, -0.05) is 0 Å². The Balaban J connectivity index is 2.12. The van der Waals surface area contributed by atoms with Gasteiger partial charge in [0.2, 0.25) is 0 Å². The van der Waals surface area contributed by atoms with E-state index >= 15 is 0 Å². The van der Waals surface area contributed by atoms with Crippen molar-refractivity contribution in [2.24, 2.45) is 11.7 Å². The Kier molecular flexibility index (Phi) is 3.47. The van der Waals surface area contributed by atoms with E-state index in [4.69, 9.17) is 5.73 Å². The van der Waals surface area contributed by atoms with Crippen molar-refractivity contribution < 1.29 is 4.92 Å². The third kappa shape index (κ3) is 2.42. The van der Waals surface area contributed by atoms with Gasteiger partial charge in [-0.05, 0) is 43.0 Å². The second kappa shape index (κ2) is 5.29. The Morgan fingerprint density at radius 2 is 2.24 bits per heavy atom. The Labute approximate surface area is 122 Å². The van der Waals surface area contributed by atoms with Crippen LogP contribution in [0.2, 0.25) is 0 Å². The van der Waals surface area contributed by atoms with Crippen molar-refractivity contribution in [3.63, 3.8) is 0 Å². The van der Waals surface area contributed by atoms with Crippen LogP contribution < -0.4 is 10.6 Å². The number of nitro benzene ring substituents is 1. The van der Waals surface area contributed by atoms with Crippen LogP contribution in [0.25, 0.3) is 10.9 Å². The summed E-state index contributed by atoms with van der Waals surface area (Å²) in [5, 5.41) is 12.1. The molecule has 2 N–H and O–H groups in total. The predicted octanol–water partition coefficient (Wildman–Crippen LogP) is 2.32. The van der Waals surface area contributed by atoms with Crippen LogP contribution in [0.5, 0.6) is 0 Å². The van der Waals surface area contributed by atoms with Crippen LogP contribution >= 0.6 is 0 Å². The van der Waals surface area contributed by atoms with Crippen molar-refractivity contribution >= 4 is 22.3 Å². The zero-order valence-electron chi connectivity index (χ0n) is 11.9. The molecule has 1 heterocycles. The summed E-state index contributed by atoms with van der Waals surface area (Å²) in [5.41, 5.74) is 7.23. The second-order valence-corrected chi connectivity index (χ2v) is 5.51. The number of likely N-dealkylation sites (N-methyl/N-ethyl adjacent to an activating group) is 1. The number of hydrogen-bond donors (Lipinski definition) is 1. The first-order valence-corrected chi connectivity index (χ1v) is 7.08. The minimum atomic E-state index is -0.323. The van der Waals surface area contributed by atoms with E-state index < -0.39 is 0 Å². The van der Waals surface area contributed by atoms with E-state index in [0.717, 1.165) is 12.8 Å². The highest BCUT2D eigenvalue weighted by molar-refractivity contribution is 5.94. The molecule has 1 fully saturated rings. The molecule has 1 aliphatic rings. The van der Waals surface area contributed by atoms with Crippen molar-refractivity contribution in [3.8, 4) is 0 Å². The summed E-state index contributed by atoms with van der Waals surface area (Å²) in [6.07, 6.45) is 3.94. The lowest BCUT2D eigenvalue weighted by Crippen LogP contribution is -2.40. The highest BCUT2D eigenvalue weighted by Gasteiger charge is 2.35. The lowest BCUT2D eigenvalue weighted by atomic mass is 10.1. The molecule has 6 heteroatoms. The molecule has 0 amide bonds. The van der Waals surface area contributed by atoms with Crippen molar-refractivity contribution in [3.05, 3.63) is 40.6 Å². The summed E-state index contributed by atoms with van der Waals surface area (Å²) >= 11 is 0. The average Bonchev–Trinajstić information content (AvgIpc) is 3.31. The molecule has 1 saturated carbocycles. The summed E-state index contributed by atoms with van der Waals surface area (Å²) in [7, 11) is 1.89. The number of aromatic nitrogens is 1. The normalized spacial score (nSPS) is 15.9. The smallest absolute Gasteiger partial charge is 0.301 e. The summed E-state index contributed by atoms with van der Waals surface area (Å²) in [4.78, 5) is 17.4. The van der Waals surface area contributed by atoms with Crippen LogP contribution in [0.4, 0.5) is 11.4 Å². The molecule has 3 rings (SSSR count). The van der Waals surface area contributed by atoms with Gasteiger partial charge in [0.05, 0.1) is 15.8 Å². The monoisotopic (exact) mass is 286 g/mol. The van der Waals surface area contributed by atoms with E-state index in [1.165, 1.54) is 0 Å². The molecular formula is C15H18N4O2. The molecule has 0 bridgehead atoms. The number of benzene rings is 1. The molecule has 1 aromatic carbocycles. The number of nitrogens with two attached hydrogens (primary N) is 1. The topological polar surface area (TPSA) is 85.3 Å². The van der Waals surface area contributed by atoms with E-state index in [1.807, 2.05) is 18.0 Å². The van der Waals surface area contributed by atoms with Gasteiger partial charge in [0.15, 0.2) is 0 Å². The Morgan fingerprint density at radius 1 is 1.48 bits per heavy atom. The molecule has 2 aromatic rings. The Morgan fingerprint density at radius 3 is 2.86 bits per heavy atom. The maximum absolute atomic E-state index is 11.6. The fraction of sp³-hybridized carbons (Fsp3) is 0.400. The Bertz CT molecular complexity index is 684. The van der Waals surface area contributed by atoms with E-state index in [2.05, 4.69) is 4.98 Å². The molecule has 1 aliphatic carbocycles. The first-order valence-electron chi connectivity index (χ1n) is 7.08. The minimum absolute atomic E-state index is 0.113. The van der Waals surface area contributed by atoms with Crippen LogP contribution in [-0.4, -0.2) is 29.5 Å². The molecule has 1 aromatic heterocycles. The van der Waals surface area contributed by atoms with Gasteiger partial charge in [0.1, 0.15) is 5.69 Å². The van der Waals surface area contributed by atoms with Gasteiger partial charge in [-0.2, -0.15) is 0 Å². The molecule has 0 aliphatic heterocycles. The zero-order valence-corrected chi connectivity index (χ0v) is 11.9. The molecule has 1 unspecified atom stereocenters. The summed E-state index contributed by atoms with van der Waals surface area (Å²) in [6.45, 7) is 0.503. The van der Waals surface area contributed by atoms with E-state index in [-0.39, 0.29) is 16.7 Å². The molecule has 21 heavy (non-hydrogen) atoms. The number of hydrogen-bond acceptors (Lipinski definition) is 5. The van der Waals surface area contributed by atoms with Gasteiger partial charge in [-0.3, -0.25) is 15.1 Å². The predicted molar refractivity (Wildman–Crippen MR) is 82.4 cm³/mol. The fourth-order valence-electron chi connectivity index (χ4n) is 2.93. The Hall–Kier alpha value is -2.21. The first kappa shape index (κ1) is 13.8. The largest absolute Gasteiger partial charge is 0.364 e. The lowest BCUT2D eigenvalue weighted by Gasteiger charge is -2.29. The molecule has 0 saturated heterocycles. The standard InChI is InChI=1S/C15H18N4O2/c1-18(14(9-16)10-4-5-10)13-7-6-12-11(3-2-8-17-12)15(13)19(20)21/h2-3,6-8,10,14H,4-5,9,16H2,1H3. The SMILES string of the molecule is CN(c1ccc2ncccc2c1[N+](=O)[O-])C(CN)C1CC1. The van der Waals surface area contributed by atoms with Crippen LogP contribution in [-0.2, 0) is 0 Å². The summed E-state index contributed by atoms with van der Waals surface area (Å²) in [6, 6.07) is 7.22. The number of nitrogens with zero attached hydrogens (tertiary/aromatic N) is 3. The van der Waals surface area contributed by atoms with Crippen molar-refractivity contribution in [2.75, 3.05) is 18.5 Å². The van der Waals surface area contributed by atoms with Gasteiger partial charge in [-0.15, -0.1) is 0 Å². The van der Waals surface area contributed by atoms with E-state index in [9.17, 15) is 10.1 Å². The van der Waals surface area contributed by atoms with Gasteiger partial charge in [0.25, 0.3) is 0 Å². The average molecular weight is 286 g/mol. The van der Waals surface area contributed by atoms with E-state index in [0.29, 0.717) is 29.1 Å². The maximum atomic E-state index is 11.6. The zero-order chi connectivity index (χ0) is 15.0. The molecular weight excluding hydrogens is 268 g/mol. The van der Waals surface area contributed by atoms with Crippen LogP contribution in [0.1, 0.15) is 12.8 Å². The maximum Gasteiger partial charge on any atom is 0.301 e. The van der Waals surface area contributed by atoms with Crippen molar-refractivity contribution in [1.29, 1.82) is 0 Å². The van der Waals surface area contributed by atoms with Gasteiger partial charge >= 0.3 is 5.69 Å². The molecule has 0 radical (unpaired) electrons. The van der Waals surface area contributed by atoms with E-state index in [1.54, 1.807) is 24.4 Å². The molecule has 110 valence electrons. The number of pyridine rings is 1. The van der Waals surface area contributed by atoms with Gasteiger partial charge < -0.3 is 10.6 Å². The number of anilines is 1. The van der Waals surface area contributed by atoms with Crippen LogP contribution in [0.3, 0.4) is 0 Å². The fourth-order valence-corrected chi connectivity index (χ4v) is 2.93. The first-order chi connectivity index (χ1) is 10.1. The minimum Gasteiger partial charge on any atom is -0.364 e. The lowest BCUT2D eigenvalue weighted by molar-refractivity contribution is -0.382. The number of fused-ring (bicyclic) bond motifs is 1. The van der Waals surface area contributed by atoms with Gasteiger partial charge in [-0.25, -0.2) is 0 Å². The van der Waals surface area contributed by atoms with Crippen molar-refractivity contribution in [2.45, 2.75) is 18.9 Å². The van der Waals surface area contributed by atoms with Crippen molar-refractivity contribution in [1.82, 2.24) is 4.98 Å². The molecule has 6 nitrogen and oxygen atoms in total. The van der Waals surface area contributed by atoms with Crippen LogP contribution in [0.15, 0.2) is 30.5 Å². The number of rotatable bonds is 5. The highest BCUT2D eigenvalue weighted by atomic mass is 16.6. The third-order valence-corrected chi connectivity index (χ3v) is 4.20. The highest BCUT2D eigenvalue weighted by Crippen LogP contribution is 2.40. The third-order valence-electron chi connectivity index (χ3n) is 4.20.